The Kier molecular flexibility index (Phi) is 9.47. The number of phenols is 1. The number of carbonyl (C=O) groups excluding carboxylic acids is 1. The predicted molar refractivity (Wildman–Crippen MR) is 159 cm³/mol. The number of phenolic OH excluding ortho intramolecular Hbond substituents is 1. The second-order valence-electron chi connectivity index (χ2n) is 10.5. The zero-order chi connectivity index (χ0) is 28.6. The van der Waals surface area contributed by atoms with Gasteiger partial charge in [0, 0.05) is 13.0 Å². The van der Waals surface area contributed by atoms with E-state index in [0.29, 0.717) is 19.6 Å². The van der Waals surface area contributed by atoms with E-state index in [-0.39, 0.29) is 24.6 Å². The van der Waals surface area contributed by atoms with Crippen LogP contribution in [0.25, 0.3) is 11.1 Å². The average Bonchev–Trinajstić information content (AvgIpc) is 3.68. The van der Waals surface area contributed by atoms with Gasteiger partial charge >= 0.3 is 5.97 Å². The fourth-order valence-electron chi connectivity index (χ4n) is 5.49. The molecule has 0 amide bonds. The van der Waals surface area contributed by atoms with Crippen LogP contribution < -0.4 is 14.2 Å². The summed E-state index contributed by atoms with van der Waals surface area (Å²) >= 11 is 0. The number of fused-ring (bicyclic) bond motifs is 1. The van der Waals surface area contributed by atoms with Gasteiger partial charge in [0.25, 0.3) is 0 Å². The van der Waals surface area contributed by atoms with E-state index in [9.17, 15) is 9.90 Å². The molecule has 0 saturated carbocycles. The number of rotatable bonds is 12. The lowest BCUT2D eigenvalue weighted by Crippen LogP contribution is -2.37. The summed E-state index contributed by atoms with van der Waals surface area (Å²) in [6, 6.07) is 21.4. The first-order valence-electron chi connectivity index (χ1n) is 14.6. The molecule has 41 heavy (non-hydrogen) atoms. The lowest BCUT2D eigenvalue weighted by atomic mass is 9.88. The molecule has 1 unspecified atom stereocenters. The maximum Gasteiger partial charge on any atom is 0.306 e. The highest BCUT2D eigenvalue weighted by molar-refractivity contribution is 5.99. The summed E-state index contributed by atoms with van der Waals surface area (Å²) in [5.41, 5.74) is 5.30. The lowest BCUT2D eigenvalue weighted by molar-refractivity contribution is -0.151. The quantitative estimate of drug-likeness (QED) is 0.197. The van der Waals surface area contributed by atoms with Crippen LogP contribution >= 0.6 is 0 Å². The number of hydrogen-bond donors (Lipinski definition) is 1. The van der Waals surface area contributed by atoms with Crippen LogP contribution in [-0.2, 0) is 9.53 Å². The third-order valence-corrected chi connectivity index (χ3v) is 7.52. The Hall–Kier alpha value is -3.97. The highest BCUT2D eigenvalue weighted by Crippen LogP contribution is 2.40. The van der Waals surface area contributed by atoms with E-state index in [1.807, 2.05) is 43.3 Å². The van der Waals surface area contributed by atoms with E-state index in [0.717, 1.165) is 71.0 Å². The van der Waals surface area contributed by atoms with Crippen LogP contribution in [0.4, 0.5) is 0 Å². The SMILES string of the molecule is CCCC(=O)OC(COc1ccc(/C(=C(/CC)c2ccc3c(c2)OCO3)c2ccc(O)cc2)cc1)CN1CCCC1. The third kappa shape index (κ3) is 7.22. The first-order chi connectivity index (χ1) is 20.0. The van der Waals surface area contributed by atoms with Gasteiger partial charge in [0.1, 0.15) is 24.2 Å². The lowest BCUT2D eigenvalue weighted by Gasteiger charge is -2.24. The van der Waals surface area contributed by atoms with Crippen molar-refractivity contribution in [2.75, 3.05) is 33.0 Å². The smallest absolute Gasteiger partial charge is 0.306 e. The second kappa shape index (κ2) is 13.6. The number of carbonyl (C=O) groups is 1. The molecule has 3 aromatic carbocycles. The molecule has 7 heteroatoms. The van der Waals surface area contributed by atoms with Crippen molar-refractivity contribution in [2.45, 2.75) is 52.1 Å². The number of benzene rings is 3. The molecule has 216 valence electrons. The summed E-state index contributed by atoms with van der Waals surface area (Å²) < 4.78 is 23.1. The summed E-state index contributed by atoms with van der Waals surface area (Å²) in [5, 5.41) is 9.94. The minimum Gasteiger partial charge on any atom is -0.508 e. The standard InChI is InChI=1S/C34H39NO6/c1-3-7-33(37)41-29(21-35-18-5-6-19-35)22-38-28-15-10-25(11-16-28)34(24-8-13-27(36)14-9-24)30(4-2)26-12-17-31-32(20-26)40-23-39-31/h8-17,20,29,36H,3-7,18-19,21-23H2,1-2H3/b34-30-. The zero-order valence-electron chi connectivity index (χ0n) is 23.9. The number of ether oxygens (including phenoxy) is 4. The van der Waals surface area contributed by atoms with Gasteiger partial charge in [0.05, 0.1) is 0 Å². The molecule has 0 bridgehead atoms. The molecular weight excluding hydrogens is 518 g/mol. The Morgan fingerprint density at radius 1 is 0.902 bits per heavy atom. The number of esters is 1. The zero-order valence-corrected chi connectivity index (χ0v) is 23.9. The van der Waals surface area contributed by atoms with Gasteiger partial charge in [0.2, 0.25) is 6.79 Å². The van der Waals surface area contributed by atoms with Gasteiger partial charge in [0.15, 0.2) is 11.5 Å². The number of allylic oxidation sites excluding steroid dienone is 1. The van der Waals surface area contributed by atoms with Crippen molar-refractivity contribution in [2.24, 2.45) is 0 Å². The number of likely N-dealkylation sites (tertiary alicyclic amines) is 1. The number of aromatic hydroxyl groups is 1. The summed E-state index contributed by atoms with van der Waals surface area (Å²) in [5.74, 6) is 2.26. The molecule has 1 N–H and O–H groups in total. The van der Waals surface area contributed by atoms with Crippen molar-refractivity contribution >= 4 is 17.1 Å². The molecule has 2 aliphatic rings. The Balaban J connectivity index is 1.39. The van der Waals surface area contributed by atoms with Crippen LogP contribution in [0.15, 0.2) is 66.7 Å². The maximum absolute atomic E-state index is 12.3. The highest BCUT2D eigenvalue weighted by Gasteiger charge is 2.22. The molecule has 2 aliphatic heterocycles. The van der Waals surface area contributed by atoms with Crippen molar-refractivity contribution < 1.29 is 28.8 Å². The van der Waals surface area contributed by atoms with Crippen molar-refractivity contribution in [1.82, 2.24) is 4.90 Å². The van der Waals surface area contributed by atoms with Crippen molar-refractivity contribution in [3.8, 4) is 23.0 Å². The average molecular weight is 558 g/mol. The normalized spacial score (nSPS) is 15.9. The summed E-state index contributed by atoms with van der Waals surface area (Å²) in [6.45, 7) is 7.41. The van der Waals surface area contributed by atoms with Crippen LogP contribution in [0.3, 0.4) is 0 Å². The minimum absolute atomic E-state index is 0.171. The fraction of sp³-hybridized carbons (Fsp3) is 0.382. The Morgan fingerprint density at radius 2 is 1.56 bits per heavy atom. The van der Waals surface area contributed by atoms with Gasteiger partial charge in [-0.05, 0) is 103 Å². The van der Waals surface area contributed by atoms with Gasteiger partial charge in [-0.15, -0.1) is 0 Å². The van der Waals surface area contributed by atoms with E-state index >= 15 is 0 Å². The molecule has 2 heterocycles. The van der Waals surface area contributed by atoms with Crippen molar-refractivity contribution in [3.05, 3.63) is 83.4 Å². The highest BCUT2D eigenvalue weighted by atomic mass is 16.7. The van der Waals surface area contributed by atoms with Crippen molar-refractivity contribution in [1.29, 1.82) is 0 Å². The molecule has 1 saturated heterocycles. The van der Waals surface area contributed by atoms with Gasteiger partial charge in [-0.3, -0.25) is 9.69 Å². The van der Waals surface area contributed by atoms with Crippen LogP contribution in [0.2, 0.25) is 0 Å². The summed E-state index contributed by atoms with van der Waals surface area (Å²) in [7, 11) is 0. The van der Waals surface area contributed by atoms with E-state index in [1.165, 1.54) is 12.8 Å². The monoisotopic (exact) mass is 557 g/mol. The Bertz CT molecular complexity index is 1340. The molecule has 1 atom stereocenters. The maximum atomic E-state index is 12.3. The number of nitrogens with zero attached hydrogens (tertiary/aromatic N) is 1. The molecule has 5 rings (SSSR count). The Labute approximate surface area is 242 Å². The topological polar surface area (TPSA) is 77.5 Å². The fourth-order valence-corrected chi connectivity index (χ4v) is 5.49. The van der Waals surface area contributed by atoms with Gasteiger partial charge in [-0.25, -0.2) is 0 Å². The molecular formula is C34H39NO6. The first kappa shape index (κ1) is 28.6. The molecule has 0 aliphatic carbocycles. The second-order valence-corrected chi connectivity index (χ2v) is 10.5. The molecule has 1 fully saturated rings. The van der Waals surface area contributed by atoms with E-state index in [1.54, 1.807) is 12.1 Å². The van der Waals surface area contributed by atoms with E-state index in [2.05, 4.69) is 30.0 Å². The predicted octanol–water partition coefficient (Wildman–Crippen LogP) is 6.68. The van der Waals surface area contributed by atoms with E-state index < -0.39 is 0 Å². The van der Waals surface area contributed by atoms with Crippen LogP contribution in [0.5, 0.6) is 23.0 Å². The molecule has 0 aromatic heterocycles. The van der Waals surface area contributed by atoms with E-state index in [4.69, 9.17) is 18.9 Å². The number of hydrogen-bond acceptors (Lipinski definition) is 7. The largest absolute Gasteiger partial charge is 0.508 e. The summed E-state index contributed by atoms with van der Waals surface area (Å²) in [6.07, 6.45) is 4.02. The summed E-state index contributed by atoms with van der Waals surface area (Å²) in [4.78, 5) is 14.6. The molecule has 3 aromatic rings. The minimum atomic E-state index is -0.308. The van der Waals surface area contributed by atoms with Crippen LogP contribution in [0, 0.1) is 0 Å². The van der Waals surface area contributed by atoms with Crippen LogP contribution in [-0.4, -0.2) is 55.1 Å². The first-order valence-corrected chi connectivity index (χ1v) is 14.6. The van der Waals surface area contributed by atoms with Gasteiger partial charge < -0.3 is 24.1 Å². The Morgan fingerprint density at radius 3 is 2.24 bits per heavy atom. The van der Waals surface area contributed by atoms with Gasteiger partial charge in [-0.1, -0.05) is 44.2 Å². The van der Waals surface area contributed by atoms with Crippen LogP contribution in [0.1, 0.15) is 62.6 Å². The molecule has 7 nitrogen and oxygen atoms in total. The molecule has 0 radical (unpaired) electrons. The molecule has 0 spiro atoms. The van der Waals surface area contributed by atoms with Crippen molar-refractivity contribution in [3.63, 3.8) is 0 Å². The third-order valence-electron chi connectivity index (χ3n) is 7.52. The van der Waals surface area contributed by atoms with Gasteiger partial charge in [-0.2, -0.15) is 0 Å².